The third kappa shape index (κ3) is 4.12. The quantitative estimate of drug-likeness (QED) is 0.407. The van der Waals surface area contributed by atoms with Crippen LogP contribution in [0.2, 0.25) is 5.02 Å². The maximum absolute atomic E-state index is 6.09. The van der Waals surface area contributed by atoms with Crippen molar-refractivity contribution in [3.8, 4) is 11.5 Å². The predicted octanol–water partition coefficient (Wildman–Crippen LogP) is 5.66. The maximum atomic E-state index is 6.09. The second-order valence-corrected chi connectivity index (χ2v) is 6.94. The van der Waals surface area contributed by atoms with Crippen LogP contribution in [0.15, 0.2) is 72.8 Å². The molecule has 0 unspecified atom stereocenters. The van der Waals surface area contributed by atoms with Crippen molar-refractivity contribution in [3.05, 3.63) is 89.2 Å². The fourth-order valence-electron chi connectivity index (χ4n) is 3.11. The maximum Gasteiger partial charge on any atom is 0.148 e. The van der Waals surface area contributed by atoms with Crippen LogP contribution in [-0.2, 0) is 13.2 Å². The van der Waals surface area contributed by atoms with Crippen LogP contribution in [0.5, 0.6) is 11.5 Å². The van der Waals surface area contributed by atoms with E-state index in [1.807, 2.05) is 73.7 Å². The van der Waals surface area contributed by atoms with Gasteiger partial charge in [0.1, 0.15) is 30.5 Å². The van der Waals surface area contributed by atoms with Crippen LogP contribution in [0, 0.1) is 6.92 Å². The summed E-state index contributed by atoms with van der Waals surface area (Å²) >= 11 is 6.09. The fourth-order valence-corrected chi connectivity index (χ4v) is 3.23. The van der Waals surface area contributed by atoms with Crippen LogP contribution in [0.4, 0.5) is 0 Å². The number of para-hydroxylation sites is 3. The Morgan fingerprint density at radius 1 is 0.893 bits per heavy atom. The molecule has 5 heteroatoms. The minimum Gasteiger partial charge on any atom is -0.492 e. The minimum absolute atomic E-state index is 0.402. The van der Waals surface area contributed by atoms with Gasteiger partial charge in [0.15, 0.2) is 0 Å². The normalized spacial score (nSPS) is 10.9. The molecule has 1 aromatic heterocycles. The molecule has 0 atom stereocenters. The van der Waals surface area contributed by atoms with Crippen molar-refractivity contribution in [2.75, 3.05) is 6.61 Å². The number of rotatable bonds is 7. The molecule has 0 amide bonds. The molecule has 3 aromatic carbocycles. The molecule has 0 aliphatic rings. The summed E-state index contributed by atoms with van der Waals surface area (Å²) < 4.78 is 14.0. The number of hydrogen-bond donors (Lipinski definition) is 0. The third-order valence-electron chi connectivity index (χ3n) is 4.56. The Labute approximate surface area is 169 Å². The van der Waals surface area contributed by atoms with Crippen molar-refractivity contribution in [1.29, 1.82) is 0 Å². The molecule has 0 fully saturated rings. The third-order valence-corrected chi connectivity index (χ3v) is 4.98. The van der Waals surface area contributed by atoms with Crippen molar-refractivity contribution in [2.45, 2.75) is 20.1 Å². The molecule has 0 bridgehead atoms. The molecule has 0 aliphatic heterocycles. The molecule has 0 saturated carbocycles. The van der Waals surface area contributed by atoms with Crippen LogP contribution in [0.3, 0.4) is 0 Å². The smallest absolute Gasteiger partial charge is 0.148 e. The molecule has 142 valence electrons. The first-order chi connectivity index (χ1) is 13.7. The lowest BCUT2D eigenvalue weighted by molar-refractivity contribution is 0.272. The average molecular weight is 393 g/mol. The topological polar surface area (TPSA) is 36.3 Å². The summed E-state index contributed by atoms with van der Waals surface area (Å²) in [6, 6.07) is 23.6. The summed E-state index contributed by atoms with van der Waals surface area (Å²) in [4.78, 5) is 4.74. The van der Waals surface area contributed by atoms with Gasteiger partial charge >= 0.3 is 0 Å². The van der Waals surface area contributed by atoms with Crippen molar-refractivity contribution < 1.29 is 9.47 Å². The highest BCUT2D eigenvalue weighted by Crippen LogP contribution is 2.22. The molecular weight excluding hydrogens is 372 g/mol. The number of aryl methyl sites for hydroxylation is 1. The van der Waals surface area contributed by atoms with Gasteiger partial charge in [-0.3, -0.25) is 0 Å². The van der Waals surface area contributed by atoms with E-state index in [9.17, 15) is 0 Å². The van der Waals surface area contributed by atoms with E-state index in [0.29, 0.717) is 19.8 Å². The van der Waals surface area contributed by atoms with Crippen molar-refractivity contribution >= 4 is 22.6 Å². The Bertz CT molecular complexity index is 1080. The highest BCUT2D eigenvalue weighted by molar-refractivity contribution is 6.31. The molecule has 1 heterocycles. The Kier molecular flexibility index (Phi) is 5.49. The van der Waals surface area contributed by atoms with Gasteiger partial charge in [-0.15, -0.1) is 0 Å². The zero-order chi connectivity index (χ0) is 19.3. The van der Waals surface area contributed by atoms with Gasteiger partial charge in [0.25, 0.3) is 0 Å². The number of nitrogens with zero attached hydrogens (tertiary/aromatic N) is 2. The molecule has 0 N–H and O–H groups in total. The first kappa shape index (κ1) is 18.4. The summed E-state index contributed by atoms with van der Waals surface area (Å²) in [7, 11) is 0. The molecule has 4 nitrogen and oxygen atoms in total. The zero-order valence-corrected chi connectivity index (χ0v) is 16.4. The highest BCUT2D eigenvalue weighted by Gasteiger charge is 2.11. The molecule has 0 radical (unpaired) electrons. The van der Waals surface area contributed by atoms with Crippen LogP contribution >= 0.6 is 11.6 Å². The highest BCUT2D eigenvalue weighted by atomic mass is 35.5. The monoisotopic (exact) mass is 392 g/mol. The van der Waals surface area contributed by atoms with Gasteiger partial charge in [-0.1, -0.05) is 41.9 Å². The van der Waals surface area contributed by atoms with E-state index < -0.39 is 0 Å². The van der Waals surface area contributed by atoms with Gasteiger partial charge in [0, 0.05) is 5.02 Å². The molecule has 0 aliphatic carbocycles. The average Bonchev–Trinajstić information content (AvgIpc) is 3.07. The van der Waals surface area contributed by atoms with Crippen LogP contribution in [0.25, 0.3) is 11.0 Å². The zero-order valence-electron chi connectivity index (χ0n) is 15.6. The lowest BCUT2D eigenvalue weighted by atomic mass is 10.2. The van der Waals surface area contributed by atoms with Gasteiger partial charge < -0.3 is 14.0 Å². The van der Waals surface area contributed by atoms with Crippen molar-refractivity contribution in [3.63, 3.8) is 0 Å². The van der Waals surface area contributed by atoms with Gasteiger partial charge in [0.05, 0.1) is 17.6 Å². The Hall–Kier alpha value is -2.98. The second kappa shape index (κ2) is 8.36. The Morgan fingerprint density at radius 2 is 1.68 bits per heavy atom. The summed E-state index contributed by atoms with van der Waals surface area (Å²) in [6.07, 6.45) is 0. The molecule has 4 rings (SSSR count). The minimum atomic E-state index is 0.402. The lowest BCUT2D eigenvalue weighted by Gasteiger charge is -2.12. The number of aromatic nitrogens is 2. The van der Waals surface area contributed by atoms with E-state index >= 15 is 0 Å². The van der Waals surface area contributed by atoms with Crippen LogP contribution < -0.4 is 9.47 Å². The number of fused-ring (bicyclic) bond motifs is 1. The van der Waals surface area contributed by atoms with Crippen LogP contribution in [0.1, 0.15) is 11.4 Å². The standard InChI is InChI=1S/C23H21ClN2O2/c1-17-15-19(11-12-20(17)24)27-14-13-26-22-10-6-5-9-21(22)25-23(26)16-28-18-7-3-2-4-8-18/h2-12,15H,13-14,16H2,1H3. The summed E-state index contributed by atoms with van der Waals surface area (Å²) in [5.41, 5.74) is 3.03. The van der Waals surface area contributed by atoms with E-state index in [-0.39, 0.29) is 0 Å². The summed E-state index contributed by atoms with van der Waals surface area (Å²) in [5.74, 6) is 2.52. The number of ether oxygens (including phenoxy) is 2. The van der Waals surface area contributed by atoms with Crippen molar-refractivity contribution in [1.82, 2.24) is 9.55 Å². The van der Waals surface area contributed by atoms with Crippen LogP contribution in [-0.4, -0.2) is 16.2 Å². The largest absolute Gasteiger partial charge is 0.492 e. The first-order valence-corrected chi connectivity index (χ1v) is 9.59. The van der Waals surface area contributed by atoms with Gasteiger partial charge in [-0.2, -0.15) is 0 Å². The van der Waals surface area contributed by atoms with E-state index in [4.69, 9.17) is 26.1 Å². The molecular formula is C23H21ClN2O2. The molecule has 0 spiro atoms. The summed E-state index contributed by atoms with van der Waals surface area (Å²) in [6.45, 7) is 3.58. The van der Waals surface area contributed by atoms with E-state index in [1.165, 1.54) is 0 Å². The summed E-state index contributed by atoms with van der Waals surface area (Å²) in [5, 5.41) is 0.744. The molecule has 28 heavy (non-hydrogen) atoms. The molecule has 0 saturated heterocycles. The van der Waals surface area contributed by atoms with E-state index in [0.717, 1.165) is 38.9 Å². The van der Waals surface area contributed by atoms with E-state index in [1.54, 1.807) is 0 Å². The van der Waals surface area contributed by atoms with Gasteiger partial charge in [-0.05, 0) is 55.0 Å². The SMILES string of the molecule is Cc1cc(OCCn2c(COc3ccccc3)nc3ccccc32)ccc1Cl. The molecule has 4 aromatic rings. The number of imidazole rings is 1. The fraction of sp³-hybridized carbons (Fsp3) is 0.174. The number of hydrogen-bond acceptors (Lipinski definition) is 3. The van der Waals surface area contributed by atoms with Gasteiger partial charge in [0.2, 0.25) is 0 Å². The van der Waals surface area contributed by atoms with Crippen molar-refractivity contribution in [2.24, 2.45) is 0 Å². The number of halogens is 1. The second-order valence-electron chi connectivity index (χ2n) is 6.53. The van der Waals surface area contributed by atoms with Gasteiger partial charge in [-0.25, -0.2) is 4.98 Å². The predicted molar refractivity (Wildman–Crippen MR) is 112 cm³/mol. The first-order valence-electron chi connectivity index (χ1n) is 9.21. The Morgan fingerprint density at radius 3 is 2.50 bits per heavy atom. The lowest BCUT2D eigenvalue weighted by Crippen LogP contribution is -2.13. The van der Waals surface area contributed by atoms with E-state index in [2.05, 4.69) is 10.6 Å². The Balaban J connectivity index is 1.50. The number of benzene rings is 3.